The zero-order valence-electron chi connectivity index (χ0n) is 13.2. The Hall–Kier alpha value is -2.24. The first-order chi connectivity index (χ1) is 11.3. The third-order valence-corrected chi connectivity index (χ3v) is 4.85. The monoisotopic (exact) mass is 311 g/mol. The number of aromatic nitrogens is 4. The molecule has 0 bridgehead atoms. The van der Waals surface area contributed by atoms with E-state index in [0.717, 1.165) is 63.3 Å². The van der Waals surface area contributed by atoms with Gasteiger partial charge in [0.2, 0.25) is 5.82 Å². The molecule has 2 aliphatic rings. The molecule has 2 aliphatic heterocycles. The van der Waals surface area contributed by atoms with Gasteiger partial charge in [-0.15, -0.1) is 10.2 Å². The maximum Gasteiger partial charge on any atom is 0.291 e. The van der Waals surface area contributed by atoms with Gasteiger partial charge in [0.05, 0.1) is 0 Å². The maximum atomic E-state index is 12.8. The minimum Gasteiger partial charge on any atom is -0.336 e. The summed E-state index contributed by atoms with van der Waals surface area (Å²) in [5.41, 5.74) is 1.10. The van der Waals surface area contributed by atoms with Gasteiger partial charge in [-0.05, 0) is 43.7 Å². The Morgan fingerprint density at radius 1 is 1.22 bits per heavy atom. The van der Waals surface area contributed by atoms with Gasteiger partial charge in [0.15, 0.2) is 0 Å². The molecule has 2 aromatic heterocycles. The van der Waals surface area contributed by atoms with Crippen LogP contribution >= 0.6 is 0 Å². The summed E-state index contributed by atoms with van der Waals surface area (Å²) in [5.74, 6) is 2.01. The number of hydrogen-bond acceptors (Lipinski definition) is 4. The van der Waals surface area contributed by atoms with Crippen molar-refractivity contribution in [3.8, 4) is 0 Å². The summed E-state index contributed by atoms with van der Waals surface area (Å²) in [7, 11) is 0. The van der Waals surface area contributed by atoms with E-state index in [2.05, 4.69) is 21.2 Å². The molecule has 0 spiro atoms. The van der Waals surface area contributed by atoms with E-state index in [1.54, 1.807) is 0 Å². The third kappa shape index (κ3) is 2.85. The Kier molecular flexibility index (Phi) is 3.81. The molecule has 0 aromatic carbocycles. The van der Waals surface area contributed by atoms with Gasteiger partial charge in [-0.1, -0.05) is 6.07 Å². The van der Waals surface area contributed by atoms with Crippen LogP contribution in [0.25, 0.3) is 0 Å². The SMILES string of the molecule is O=C(c1nnc2n1CCCC2)N1CCC(Cc2ccccn2)C1. The average molecular weight is 311 g/mol. The Morgan fingerprint density at radius 2 is 2.17 bits per heavy atom. The highest BCUT2D eigenvalue weighted by Gasteiger charge is 2.31. The largest absolute Gasteiger partial charge is 0.336 e. The van der Waals surface area contributed by atoms with Crippen molar-refractivity contribution in [1.82, 2.24) is 24.6 Å². The molecule has 6 nitrogen and oxygen atoms in total. The topological polar surface area (TPSA) is 63.9 Å². The molecule has 1 amide bonds. The van der Waals surface area contributed by atoms with Crippen molar-refractivity contribution in [2.75, 3.05) is 13.1 Å². The number of amides is 1. The number of carbonyl (C=O) groups excluding carboxylic acids is 1. The average Bonchev–Trinajstić information content (AvgIpc) is 3.22. The molecular formula is C17H21N5O. The van der Waals surface area contributed by atoms with Crippen molar-refractivity contribution in [1.29, 1.82) is 0 Å². The highest BCUT2D eigenvalue weighted by atomic mass is 16.2. The summed E-state index contributed by atoms with van der Waals surface area (Å²) >= 11 is 0. The summed E-state index contributed by atoms with van der Waals surface area (Å²) in [6, 6.07) is 6.00. The van der Waals surface area contributed by atoms with Crippen molar-refractivity contribution in [3.63, 3.8) is 0 Å². The normalized spacial score (nSPS) is 20.5. The molecule has 23 heavy (non-hydrogen) atoms. The van der Waals surface area contributed by atoms with Crippen molar-refractivity contribution in [2.45, 2.75) is 38.6 Å². The minimum absolute atomic E-state index is 0.0363. The van der Waals surface area contributed by atoms with Gasteiger partial charge in [-0.3, -0.25) is 9.78 Å². The number of carbonyl (C=O) groups is 1. The molecule has 1 atom stereocenters. The first-order valence-electron chi connectivity index (χ1n) is 8.42. The van der Waals surface area contributed by atoms with Crippen LogP contribution in [0.2, 0.25) is 0 Å². The second kappa shape index (κ2) is 6.10. The summed E-state index contributed by atoms with van der Waals surface area (Å²) in [4.78, 5) is 19.1. The van der Waals surface area contributed by atoms with E-state index in [0.29, 0.717) is 11.7 Å². The van der Waals surface area contributed by atoms with Gasteiger partial charge in [0, 0.05) is 37.9 Å². The van der Waals surface area contributed by atoms with E-state index >= 15 is 0 Å². The van der Waals surface area contributed by atoms with Gasteiger partial charge in [-0.2, -0.15) is 0 Å². The Balaban J connectivity index is 1.43. The number of hydrogen-bond donors (Lipinski definition) is 0. The fourth-order valence-electron chi connectivity index (χ4n) is 3.61. The molecule has 0 aliphatic carbocycles. The van der Waals surface area contributed by atoms with Crippen LogP contribution in [-0.2, 0) is 19.4 Å². The lowest BCUT2D eigenvalue weighted by Crippen LogP contribution is -2.32. The van der Waals surface area contributed by atoms with E-state index in [1.807, 2.05) is 27.8 Å². The first-order valence-corrected chi connectivity index (χ1v) is 8.42. The molecule has 0 radical (unpaired) electrons. The van der Waals surface area contributed by atoms with E-state index in [1.165, 1.54) is 0 Å². The lowest BCUT2D eigenvalue weighted by atomic mass is 10.0. The third-order valence-electron chi connectivity index (χ3n) is 4.85. The number of pyridine rings is 1. The quantitative estimate of drug-likeness (QED) is 0.866. The van der Waals surface area contributed by atoms with Crippen LogP contribution in [0.5, 0.6) is 0 Å². The first kappa shape index (κ1) is 14.4. The predicted molar refractivity (Wildman–Crippen MR) is 84.9 cm³/mol. The van der Waals surface area contributed by atoms with Crippen LogP contribution in [0, 0.1) is 5.92 Å². The maximum absolute atomic E-state index is 12.8. The fourth-order valence-corrected chi connectivity index (χ4v) is 3.61. The molecular weight excluding hydrogens is 290 g/mol. The highest BCUT2D eigenvalue weighted by molar-refractivity contribution is 5.91. The molecule has 1 fully saturated rings. The van der Waals surface area contributed by atoms with E-state index in [-0.39, 0.29) is 5.91 Å². The summed E-state index contributed by atoms with van der Waals surface area (Å²) in [6.07, 6.45) is 6.97. The molecule has 2 aromatic rings. The molecule has 0 saturated carbocycles. The Labute approximate surface area is 135 Å². The van der Waals surface area contributed by atoms with Gasteiger partial charge >= 0.3 is 0 Å². The Morgan fingerprint density at radius 3 is 3.04 bits per heavy atom. The number of aryl methyl sites for hydroxylation is 1. The molecule has 0 N–H and O–H groups in total. The van der Waals surface area contributed by atoms with Crippen LogP contribution < -0.4 is 0 Å². The Bertz CT molecular complexity index is 696. The van der Waals surface area contributed by atoms with Crippen molar-refractivity contribution >= 4 is 5.91 Å². The second-order valence-electron chi connectivity index (χ2n) is 6.48. The zero-order chi connectivity index (χ0) is 15.6. The number of likely N-dealkylation sites (tertiary alicyclic amines) is 1. The minimum atomic E-state index is 0.0363. The molecule has 4 rings (SSSR count). The molecule has 1 saturated heterocycles. The van der Waals surface area contributed by atoms with Crippen LogP contribution in [0.15, 0.2) is 24.4 Å². The standard InChI is InChI=1S/C17H21N5O/c23-17(16-20-19-15-6-2-4-9-22(15)16)21-10-7-13(12-21)11-14-5-1-3-8-18-14/h1,3,5,8,13H,2,4,6-7,9-12H2. The molecule has 120 valence electrons. The van der Waals surface area contributed by atoms with Crippen molar-refractivity contribution < 1.29 is 4.79 Å². The van der Waals surface area contributed by atoms with E-state index in [4.69, 9.17) is 0 Å². The summed E-state index contributed by atoms with van der Waals surface area (Å²) in [5, 5.41) is 8.35. The van der Waals surface area contributed by atoms with Crippen LogP contribution in [0.4, 0.5) is 0 Å². The van der Waals surface area contributed by atoms with Crippen molar-refractivity contribution in [2.24, 2.45) is 5.92 Å². The smallest absolute Gasteiger partial charge is 0.291 e. The van der Waals surface area contributed by atoms with E-state index in [9.17, 15) is 4.79 Å². The predicted octanol–water partition coefficient (Wildman–Crippen LogP) is 1.71. The second-order valence-corrected chi connectivity index (χ2v) is 6.48. The van der Waals surface area contributed by atoms with Crippen molar-refractivity contribution in [3.05, 3.63) is 41.7 Å². The number of fused-ring (bicyclic) bond motifs is 1. The van der Waals surface area contributed by atoms with E-state index < -0.39 is 0 Å². The number of rotatable bonds is 3. The van der Waals surface area contributed by atoms with Gasteiger partial charge in [0.25, 0.3) is 5.91 Å². The summed E-state index contributed by atoms with van der Waals surface area (Å²) in [6.45, 7) is 2.46. The number of nitrogens with zero attached hydrogens (tertiary/aromatic N) is 5. The zero-order valence-corrected chi connectivity index (χ0v) is 13.2. The fraction of sp³-hybridized carbons (Fsp3) is 0.529. The lowest BCUT2D eigenvalue weighted by Gasteiger charge is -2.18. The highest BCUT2D eigenvalue weighted by Crippen LogP contribution is 2.22. The molecule has 4 heterocycles. The van der Waals surface area contributed by atoms with Crippen LogP contribution in [-0.4, -0.2) is 43.6 Å². The lowest BCUT2D eigenvalue weighted by molar-refractivity contribution is 0.0768. The van der Waals surface area contributed by atoms with Crippen LogP contribution in [0.3, 0.4) is 0 Å². The van der Waals surface area contributed by atoms with Gasteiger partial charge < -0.3 is 9.47 Å². The van der Waals surface area contributed by atoms with Crippen LogP contribution in [0.1, 0.15) is 41.4 Å². The van der Waals surface area contributed by atoms with Gasteiger partial charge in [-0.25, -0.2) is 0 Å². The molecule has 1 unspecified atom stereocenters. The molecule has 6 heteroatoms. The van der Waals surface area contributed by atoms with Gasteiger partial charge in [0.1, 0.15) is 5.82 Å². The summed E-state index contributed by atoms with van der Waals surface area (Å²) < 4.78 is 2.01.